The van der Waals surface area contributed by atoms with Crippen LogP contribution in [0, 0.1) is 6.92 Å². The Morgan fingerprint density at radius 1 is 1.33 bits per heavy atom. The van der Waals surface area contributed by atoms with E-state index in [0.717, 1.165) is 55.9 Å². The van der Waals surface area contributed by atoms with E-state index in [1.54, 1.807) is 12.4 Å². The van der Waals surface area contributed by atoms with Crippen LogP contribution in [0.5, 0.6) is 5.75 Å². The average Bonchev–Trinajstić information content (AvgIpc) is 3.08. The number of nitrogens with one attached hydrogen (secondary N) is 1. The van der Waals surface area contributed by atoms with Gasteiger partial charge in [0.25, 0.3) is 0 Å². The summed E-state index contributed by atoms with van der Waals surface area (Å²) >= 11 is 0. The lowest BCUT2D eigenvalue weighted by Crippen LogP contribution is -2.52. The third-order valence-corrected chi connectivity index (χ3v) is 4.23. The lowest BCUT2D eigenvalue weighted by Gasteiger charge is -2.36. The van der Waals surface area contributed by atoms with Gasteiger partial charge in [0.1, 0.15) is 18.1 Å². The molecule has 3 rings (SSSR count). The van der Waals surface area contributed by atoms with Crippen LogP contribution in [0.2, 0.25) is 0 Å². The Labute approximate surface area is 177 Å². The number of ether oxygens (including phenoxy) is 1. The molecule has 0 amide bonds. The van der Waals surface area contributed by atoms with Crippen LogP contribution >= 0.6 is 24.0 Å². The molecule has 1 N–H and O–H groups in total. The molecule has 2 aromatic rings. The van der Waals surface area contributed by atoms with E-state index in [0.29, 0.717) is 13.2 Å². The monoisotopic (exact) mass is 486 g/mol. The van der Waals surface area contributed by atoms with E-state index in [4.69, 9.17) is 9.26 Å². The van der Waals surface area contributed by atoms with Crippen molar-refractivity contribution >= 4 is 29.9 Å². The van der Waals surface area contributed by atoms with Gasteiger partial charge in [-0.1, -0.05) is 5.16 Å². The summed E-state index contributed by atoms with van der Waals surface area (Å²) in [5, 5.41) is 7.43. The molecular formula is C18H27IN6O2. The van der Waals surface area contributed by atoms with Crippen molar-refractivity contribution in [3.63, 3.8) is 0 Å². The first-order valence-electron chi connectivity index (χ1n) is 8.87. The molecule has 1 fully saturated rings. The number of aromatic nitrogens is 2. The number of hydrogen-bond donors (Lipinski definition) is 1. The SMILES string of the molecule is CN=C(NCCOc1cccnc1)N1CCN(Cc2cc(C)on2)CC1.I. The second-order valence-corrected chi connectivity index (χ2v) is 6.20. The topological polar surface area (TPSA) is 79.0 Å². The zero-order valence-electron chi connectivity index (χ0n) is 15.8. The smallest absolute Gasteiger partial charge is 0.193 e. The summed E-state index contributed by atoms with van der Waals surface area (Å²) < 4.78 is 10.8. The molecule has 0 radical (unpaired) electrons. The highest BCUT2D eigenvalue weighted by Crippen LogP contribution is 2.09. The van der Waals surface area contributed by atoms with Gasteiger partial charge in [-0.2, -0.15) is 0 Å². The van der Waals surface area contributed by atoms with Gasteiger partial charge in [0, 0.05) is 52.0 Å². The van der Waals surface area contributed by atoms with Gasteiger partial charge in [0.15, 0.2) is 5.96 Å². The molecule has 9 heteroatoms. The second kappa shape index (κ2) is 11.1. The number of pyridine rings is 1. The Bertz CT molecular complexity index is 701. The van der Waals surface area contributed by atoms with Crippen LogP contribution < -0.4 is 10.1 Å². The number of aliphatic imine (C=N–C) groups is 1. The number of rotatable bonds is 6. The fraction of sp³-hybridized carbons (Fsp3) is 0.500. The normalized spacial score (nSPS) is 15.3. The van der Waals surface area contributed by atoms with Gasteiger partial charge in [-0.25, -0.2) is 0 Å². The summed E-state index contributed by atoms with van der Waals surface area (Å²) in [6.45, 7) is 7.81. The van der Waals surface area contributed by atoms with E-state index in [9.17, 15) is 0 Å². The van der Waals surface area contributed by atoms with Crippen LogP contribution in [0.1, 0.15) is 11.5 Å². The quantitative estimate of drug-likeness (QED) is 0.289. The number of piperazine rings is 1. The summed E-state index contributed by atoms with van der Waals surface area (Å²) in [7, 11) is 1.81. The van der Waals surface area contributed by atoms with Gasteiger partial charge >= 0.3 is 0 Å². The van der Waals surface area contributed by atoms with E-state index in [2.05, 4.69) is 30.2 Å². The molecule has 0 unspecified atom stereocenters. The van der Waals surface area contributed by atoms with Crippen LogP contribution in [-0.2, 0) is 6.54 Å². The molecular weight excluding hydrogens is 459 g/mol. The fourth-order valence-electron chi connectivity index (χ4n) is 2.94. The molecule has 1 saturated heterocycles. The Hall–Kier alpha value is -1.88. The molecule has 148 valence electrons. The highest BCUT2D eigenvalue weighted by Gasteiger charge is 2.20. The average molecular weight is 486 g/mol. The second-order valence-electron chi connectivity index (χ2n) is 6.20. The van der Waals surface area contributed by atoms with Crippen molar-refractivity contribution < 1.29 is 9.26 Å². The summed E-state index contributed by atoms with van der Waals surface area (Å²) in [5.41, 5.74) is 0.992. The highest BCUT2D eigenvalue weighted by atomic mass is 127. The predicted molar refractivity (Wildman–Crippen MR) is 115 cm³/mol. The van der Waals surface area contributed by atoms with Gasteiger partial charge in [-0.15, -0.1) is 24.0 Å². The van der Waals surface area contributed by atoms with E-state index < -0.39 is 0 Å². The van der Waals surface area contributed by atoms with E-state index >= 15 is 0 Å². The van der Waals surface area contributed by atoms with Gasteiger partial charge in [0.2, 0.25) is 0 Å². The molecule has 1 aliphatic heterocycles. The van der Waals surface area contributed by atoms with Crippen molar-refractivity contribution in [1.29, 1.82) is 0 Å². The Balaban J connectivity index is 0.00000261. The Kier molecular flexibility index (Phi) is 8.79. The summed E-state index contributed by atoms with van der Waals surface area (Å²) in [4.78, 5) is 13.1. The molecule has 2 aromatic heterocycles. The van der Waals surface area contributed by atoms with Gasteiger partial charge in [-0.3, -0.25) is 14.9 Å². The maximum absolute atomic E-state index is 5.65. The minimum atomic E-state index is 0. The first kappa shape index (κ1) is 21.4. The summed E-state index contributed by atoms with van der Waals surface area (Å²) in [6, 6.07) is 5.76. The first-order chi connectivity index (χ1) is 12.7. The van der Waals surface area contributed by atoms with E-state index in [1.165, 1.54) is 0 Å². The molecule has 0 saturated carbocycles. The molecule has 27 heavy (non-hydrogen) atoms. The van der Waals surface area contributed by atoms with E-state index in [1.807, 2.05) is 32.2 Å². The standard InChI is InChI=1S/C18H26N6O2.HI/c1-15-12-16(22-26-15)14-23-7-9-24(10-8-23)18(19-2)21-6-11-25-17-4-3-5-20-13-17;/h3-5,12-13H,6-11,14H2,1-2H3,(H,19,21);1H. The van der Waals surface area contributed by atoms with Crippen molar-refractivity contribution in [1.82, 2.24) is 25.3 Å². The highest BCUT2D eigenvalue weighted by molar-refractivity contribution is 14.0. The molecule has 1 aliphatic rings. The van der Waals surface area contributed by atoms with Gasteiger partial charge < -0.3 is 19.5 Å². The van der Waals surface area contributed by atoms with Crippen LogP contribution in [0.4, 0.5) is 0 Å². The molecule has 0 atom stereocenters. The lowest BCUT2D eigenvalue weighted by atomic mass is 10.3. The Morgan fingerprint density at radius 3 is 2.78 bits per heavy atom. The third-order valence-electron chi connectivity index (χ3n) is 4.23. The van der Waals surface area contributed by atoms with E-state index in [-0.39, 0.29) is 24.0 Å². The van der Waals surface area contributed by atoms with Crippen molar-refractivity contribution in [3.05, 3.63) is 42.0 Å². The first-order valence-corrected chi connectivity index (χ1v) is 8.87. The molecule has 8 nitrogen and oxygen atoms in total. The van der Waals surface area contributed by atoms with Crippen molar-refractivity contribution in [2.24, 2.45) is 4.99 Å². The van der Waals surface area contributed by atoms with Crippen LogP contribution in [-0.4, -0.2) is 72.3 Å². The minimum Gasteiger partial charge on any atom is -0.490 e. The Morgan fingerprint density at radius 2 is 2.15 bits per heavy atom. The van der Waals surface area contributed by atoms with Crippen LogP contribution in [0.25, 0.3) is 0 Å². The molecule has 0 spiro atoms. The zero-order chi connectivity index (χ0) is 18.2. The molecule has 0 aromatic carbocycles. The van der Waals surface area contributed by atoms with Gasteiger partial charge in [-0.05, 0) is 19.1 Å². The summed E-state index contributed by atoms with van der Waals surface area (Å²) in [6.07, 6.45) is 3.45. The number of nitrogens with zero attached hydrogens (tertiary/aromatic N) is 5. The maximum Gasteiger partial charge on any atom is 0.193 e. The summed E-state index contributed by atoms with van der Waals surface area (Å²) in [5.74, 6) is 2.55. The van der Waals surface area contributed by atoms with Gasteiger partial charge in [0.05, 0.1) is 18.4 Å². The lowest BCUT2D eigenvalue weighted by molar-refractivity contribution is 0.168. The van der Waals surface area contributed by atoms with Crippen LogP contribution in [0.15, 0.2) is 40.1 Å². The molecule has 0 aliphatic carbocycles. The third kappa shape index (κ3) is 6.65. The number of guanidine groups is 1. The zero-order valence-corrected chi connectivity index (χ0v) is 18.1. The maximum atomic E-state index is 5.65. The largest absolute Gasteiger partial charge is 0.490 e. The molecule has 3 heterocycles. The fourth-order valence-corrected chi connectivity index (χ4v) is 2.94. The van der Waals surface area contributed by atoms with Crippen molar-refractivity contribution in [3.8, 4) is 5.75 Å². The number of halogens is 1. The predicted octanol–water partition coefficient (Wildman–Crippen LogP) is 1.77. The minimum absolute atomic E-state index is 0. The number of aryl methyl sites for hydroxylation is 1. The molecule has 0 bridgehead atoms. The number of hydrogen-bond acceptors (Lipinski definition) is 6. The van der Waals surface area contributed by atoms with Crippen LogP contribution in [0.3, 0.4) is 0 Å². The van der Waals surface area contributed by atoms with Crippen molar-refractivity contribution in [2.45, 2.75) is 13.5 Å². The van der Waals surface area contributed by atoms with Crippen molar-refractivity contribution in [2.75, 3.05) is 46.4 Å².